The zero-order valence-corrected chi connectivity index (χ0v) is 21.8. The second-order valence-electron chi connectivity index (χ2n) is 9.95. The molecular formula is C28H32Cl2N4O2. The van der Waals surface area contributed by atoms with Crippen molar-refractivity contribution in [3.63, 3.8) is 0 Å². The van der Waals surface area contributed by atoms with E-state index in [0.29, 0.717) is 35.6 Å². The Bertz CT molecular complexity index is 1190. The Labute approximate surface area is 221 Å². The number of carbonyl (C=O) groups excluding carboxylic acids is 1. The van der Waals surface area contributed by atoms with Gasteiger partial charge in [-0.1, -0.05) is 41.4 Å². The number of hydrogen-bond donors (Lipinski definition) is 2. The SMILES string of the molecule is O=C(C=Cc1ccc(Cl)c(Cl)c1)N1CCC(C(O)CN2CCC(c3nc4ccccc4[nH]3)CC2)CC1. The molecule has 2 aliphatic rings. The van der Waals surface area contributed by atoms with Gasteiger partial charge in [0, 0.05) is 31.6 Å². The fourth-order valence-corrected chi connectivity index (χ4v) is 5.67. The van der Waals surface area contributed by atoms with Crippen LogP contribution < -0.4 is 0 Å². The summed E-state index contributed by atoms with van der Waals surface area (Å²) in [5.41, 5.74) is 2.97. The largest absolute Gasteiger partial charge is 0.392 e. The molecule has 36 heavy (non-hydrogen) atoms. The lowest BCUT2D eigenvalue weighted by Crippen LogP contribution is -2.45. The molecule has 6 nitrogen and oxygen atoms in total. The van der Waals surface area contributed by atoms with Crippen molar-refractivity contribution < 1.29 is 9.90 Å². The minimum absolute atomic E-state index is 0.0123. The van der Waals surface area contributed by atoms with Crippen molar-refractivity contribution in [1.29, 1.82) is 0 Å². The van der Waals surface area contributed by atoms with E-state index in [1.165, 1.54) is 0 Å². The number of hydrogen-bond acceptors (Lipinski definition) is 4. The summed E-state index contributed by atoms with van der Waals surface area (Å²) < 4.78 is 0. The predicted molar refractivity (Wildman–Crippen MR) is 145 cm³/mol. The number of para-hydroxylation sites is 2. The number of rotatable bonds is 6. The number of aromatic amines is 1. The lowest BCUT2D eigenvalue weighted by molar-refractivity contribution is -0.128. The van der Waals surface area contributed by atoms with Crippen LogP contribution >= 0.6 is 23.2 Å². The molecule has 3 aromatic rings. The zero-order chi connectivity index (χ0) is 25.1. The molecule has 2 N–H and O–H groups in total. The number of aliphatic hydroxyl groups is 1. The van der Waals surface area contributed by atoms with Gasteiger partial charge in [-0.3, -0.25) is 4.79 Å². The Morgan fingerprint density at radius 1 is 1.06 bits per heavy atom. The minimum atomic E-state index is -0.364. The van der Waals surface area contributed by atoms with Gasteiger partial charge in [0.1, 0.15) is 5.82 Å². The quantitative estimate of drug-likeness (QED) is 0.424. The Morgan fingerprint density at radius 3 is 2.53 bits per heavy atom. The highest BCUT2D eigenvalue weighted by Gasteiger charge is 2.30. The van der Waals surface area contributed by atoms with Gasteiger partial charge in [0.25, 0.3) is 0 Å². The van der Waals surface area contributed by atoms with Crippen molar-refractivity contribution in [1.82, 2.24) is 19.8 Å². The Balaban J connectivity index is 1.06. The summed E-state index contributed by atoms with van der Waals surface area (Å²) >= 11 is 12.0. The smallest absolute Gasteiger partial charge is 0.246 e. The number of fused-ring (bicyclic) bond motifs is 1. The second-order valence-corrected chi connectivity index (χ2v) is 10.8. The topological polar surface area (TPSA) is 72.5 Å². The summed E-state index contributed by atoms with van der Waals surface area (Å²) in [6, 6.07) is 13.5. The van der Waals surface area contributed by atoms with Crippen LogP contribution in [-0.2, 0) is 4.79 Å². The van der Waals surface area contributed by atoms with Crippen molar-refractivity contribution in [3.05, 3.63) is 70.0 Å². The summed E-state index contributed by atoms with van der Waals surface area (Å²) in [6.45, 7) is 3.97. The van der Waals surface area contributed by atoms with Gasteiger partial charge in [-0.25, -0.2) is 4.98 Å². The van der Waals surface area contributed by atoms with Gasteiger partial charge < -0.3 is 19.9 Å². The van der Waals surface area contributed by atoms with Gasteiger partial charge in [-0.05, 0) is 80.6 Å². The number of halogens is 2. The van der Waals surface area contributed by atoms with Crippen LogP contribution in [0.5, 0.6) is 0 Å². The highest BCUT2D eigenvalue weighted by molar-refractivity contribution is 6.42. The number of benzene rings is 2. The van der Waals surface area contributed by atoms with Crippen molar-refractivity contribution in [2.75, 3.05) is 32.7 Å². The molecule has 1 aromatic heterocycles. The lowest BCUT2D eigenvalue weighted by Gasteiger charge is -2.37. The third kappa shape index (κ3) is 5.94. The average Bonchev–Trinajstić information content (AvgIpc) is 3.34. The fraction of sp³-hybridized carbons (Fsp3) is 0.429. The van der Waals surface area contributed by atoms with Crippen molar-refractivity contribution >= 4 is 46.2 Å². The van der Waals surface area contributed by atoms with Crippen LogP contribution in [0.4, 0.5) is 0 Å². The first-order chi connectivity index (χ1) is 17.5. The molecule has 5 rings (SSSR count). The first-order valence-electron chi connectivity index (χ1n) is 12.7. The molecule has 2 aliphatic heterocycles. The minimum Gasteiger partial charge on any atom is -0.392 e. The van der Waals surface area contributed by atoms with Crippen molar-refractivity contribution in [2.24, 2.45) is 5.92 Å². The number of carbonyl (C=O) groups is 1. The number of aromatic nitrogens is 2. The van der Waals surface area contributed by atoms with Crippen LogP contribution in [0.2, 0.25) is 10.0 Å². The number of H-pyrrole nitrogens is 1. The monoisotopic (exact) mass is 526 g/mol. The van der Waals surface area contributed by atoms with E-state index in [1.54, 1.807) is 24.3 Å². The van der Waals surface area contributed by atoms with E-state index in [1.807, 2.05) is 29.2 Å². The Morgan fingerprint density at radius 2 is 1.81 bits per heavy atom. The molecule has 3 heterocycles. The Hall–Kier alpha value is -2.38. The Kier molecular flexibility index (Phi) is 7.96. The van der Waals surface area contributed by atoms with Gasteiger partial charge in [-0.2, -0.15) is 0 Å². The fourth-order valence-electron chi connectivity index (χ4n) is 5.36. The molecule has 1 atom stereocenters. The number of amides is 1. The molecule has 0 radical (unpaired) electrons. The number of likely N-dealkylation sites (tertiary alicyclic amines) is 2. The number of piperidine rings is 2. The third-order valence-corrected chi connectivity index (χ3v) is 8.32. The molecular weight excluding hydrogens is 495 g/mol. The van der Waals surface area contributed by atoms with E-state index in [0.717, 1.165) is 61.2 Å². The molecule has 1 amide bonds. The van der Waals surface area contributed by atoms with E-state index in [9.17, 15) is 9.90 Å². The molecule has 2 saturated heterocycles. The normalized spacial score (nSPS) is 19.4. The third-order valence-electron chi connectivity index (χ3n) is 7.58. The van der Waals surface area contributed by atoms with Gasteiger partial charge in [0.05, 0.1) is 27.2 Å². The number of imidazole rings is 1. The standard InChI is InChI=1S/C28H32Cl2N4O2/c29-22-7-5-19(17-23(22)30)6-8-27(36)34-15-11-20(12-16-34)26(35)18-33-13-9-21(10-14-33)28-31-24-3-1-2-4-25(24)32-28/h1-8,17,20-21,26,35H,9-16,18H2,(H,31,32). The maximum Gasteiger partial charge on any atom is 0.246 e. The van der Waals surface area contributed by atoms with Crippen molar-refractivity contribution in [3.8, 4) is 0 Å². The summed E-state index contributed by atoms with van der Waals surface area (Å²) in [7, 11) is 0. The van der Waals surface area contributed by atoms with Crippen molar-refractivity contribution in [2.45, 2.75) is 37.7 Å². The molecule has 8 heteroatoms. The predicted octanol–water partition coefficient (Wildman–Crippen LogP) is 5.36. The highest BCUT2D eigenvalue weighted by atomic mass is 35.5. The van der Waals surface area contributed by atoms with Crippen LogP contribution in [0.15, 0.2) is 48.5 Å². The van der Waals surface area contributed by atoms with Crippen LogP contribution in [0.1, 0.15) is 43.0 Å². The van der Waals surface area contributed by atoms with E-state index in [2.05, 4.69) is 16.0 Å². The van der Waals surface area contributed by atoms with E-state index >= 15 is 0 Å². The van der Waals surface area contributed by atoms with E-state index in [-0.39, 0.29) is 17.9 Å². The molecule has 0 spiro atoms. The summed E-state index contributed by atoms with van der Waals surface area (Å²) in [5.74, 6) is 1.74. The molecule has 2 fully saturated rings. The maximum atomic E-state index is 12.6. The van der Waals surface area contributed by atoms with E-state index < -0.39 is 0 Å². The molecule has 0 bridgehead atoms. The number of β-amino-alcohol motifs (C(OH)–C–C–N with tert-alkyl or cyclic N) is 1. The van der Waals surface area contributed by atoms with Gasteiger partial charge in [0.2, 0.25) is 5.91 Å². The second kappa shape index (κ2) is 11.3. The van der Waals surface area contributed by atoms with Crippen LogP contribution in [0.25, 0.3) is 17.1 Å². The van der Waals surface area contributed by atoms with Gasteiger partial charge in [0.15, 0.2) is 0 Å². The summed E-state index contributed by atoms with van der Waals surface area (Å²) in [4.78, 5) is 25.1. The average molecular weight is 527 g/mol. The number of nitrogens with zero attached hydrogens (tertiary/aromatic N) is 3. The first-order valence-corrected chi connectivity index (χ1v) is 13.5. The summed E-state index contributed by atoms with van der Waals surface area (Å²) in [5, 5.41) is 11.9. The van der Waals surface area contributed by atoms with Crippen LogP contribution in [-0.4, -0.2) is 69.6 Å². The van der Waals surface area contributed by atoms with Crippen LogP contribution in [0, 0.1) is 5.92 Å². The molecule has 0 saturated carbocycles. The van der Waals surface area contributed by atoms with E-state index in [4.69, 9.17) is 28.2 Å². The zero-order valence-electron chi connectivity index (χ0n) is 20.2. The maximum absolute atomic E-state index is 12.6. The number of nitrogens with one attached hydrogen (secondary N) is 1. The molecule has 0 aliphatic carbocycles. The van der Waals surface area contributed by atoms with Gasteiger partial charge in [-0.15, -0.1) is 0 Å². The molecule has 190 valence electrons. The van der Waals surface area contributed by atoms with Gasteiger partial charge >= 0.3 is 0 Å². The number of aliphatic hydroxyl groups excluding tert-OH is 1. The lowest BCUT2D eigenvalue weighted by atomic mass is 9.89. The molecule has 2 aromatic carbocycles. The summed E-state index contributed by atoms with van der Waals surface area (Å²) in [6.07, 6.45) is 6.72. The van der Waals surface area contributed by atoms with Crippen LogP contribution in [0.3, 0.4) is 0 Å². The highest BCUT2D eigenvalue weighted by Crippen LogP contribution is 2.29. The molecule has 1 unspecified atom stereocenters. The first kappa shape index (κ1) is 25.3.